The van der Waals surface area contributed by atoms with Crippen molar-refractivity contribution in [2.24, 2.45) is 5.73 Å². The molecule has 20 heavy (non-hydrogen) atoms. The second kappa shape index (κ2) is 6.15. The molecule has 3 amide bonds. The van der Waals surface area contributed by atoms with Crippen molar-refractivity contribution in [2.75, 3.05) is 0 Å². The van der Waals surface area contributed by atoms with Gasteiger partial charge in [0.25, 0.3) is 0 Å². The maximum atomic E-state index is 11.6. The minimum absolute atomic E-state index is 0.448. The molecule has 1 aromatic heterocycles. The monoisotopic (exact) mass is 292 g/mol. The number of nitrogens with zero attached hydrogens (tertiary/aromatic N) is 4. The third kappa shape index (κ3) is 3.32. The fourth-order valence-electron chi connectivity index (χ4n) is 1.42. The van der Waals surface area contributed by atoms with E-state index < -0.39 is 17.2 Å². The molecule has 0 saturated carbocycles. The van der Waals surface area contributed by atoms with Gasteiger partial charge in [0.15, 0.2) is 0 Å². The molecule has 0 aliphatic carbocycles. The minimum Gasteiger partial charge on any atom is -0.351 e. The van der Waals surface area contributed by atoms with E-state index in [0.29, 0.717) is 5.16 Å². The second-order valence-corrected chi connectivity index (χ2v) is 5.13. The summed E-state index contributed by atoms with van der Waals surface area (Å²) in [5.74, 6) is -0.495. The van der Waals surface area contributed by atoms with Crippen molar-refractivity contribution in [1.29, 1.82) is 0 Å². The lowest BCUT2D eigenvalue weighted by Crippen LogP contribution is -2.39. The van der Waals surface area contributed by atoms with E-state index in [1.165, 1.54) is 4.68 Å². The van der Waals surface area contributed by atoms with Gasteiger partial charge in [0.1, 0.15) is 0 Å². The summed E-state index contributed by atoms with van der Waals surface area (Å²) in [5, 5.41) is 13.2. The molecule has 0 saturated heterocycles. The maximum Gasteiger partial charge on any atom is 0.318 e. The first-order valence-corrected chi connectivity index (χ1v) is 6.56. The number of aromatic nitrogens is 4. The van der Waals surface area contributed by atoms with Gasteiger partial charge in [-0.25, -0.2) is 4.79 Å². The Hall–Kier alpha value is -2.42. The lowest BCUT2D eigenvalue weighted by atomic mass is 10.3. The first-order valence-electron chi connectivity index (χ1n) is 5.68. The smallest absolute Gasteiger partial charge is 0.318 e. The van der Waals surface area contributed by atoms with E-state index in [1.807, 2.05) is 35.6 Å². The molecule has 9 heteroatoms. The molecular weight excluding hydrogens is 280 g/mol. The van der Waals surface area contributed by atoms with Crippen LogP contribution >= 0.6 is 11.8 Å². The normalized spacial score (nSPS) is 11.8. The number of para-hydroxylation sites is 1. The molecule has 0 unspecified atom stereocenters. The molecule has 0 spiro atoms. The lowest BCUT2D eigenvalue weighted by Gasteiger charge is -2.09. The zero-order valence-corrected chi connectivity index (χ0v) is 11.4. The minimum atomic E-state index is -0.884. The zero-order chi connectivity index (χ0) is 14.5. The molecule has 1 aromatic carbocycles. The van der Waals surface area contributed by atoms with Crippen LogP contribution in [0.2, 0.25) is 0 Å². The van der Waals surface area contributed by atoms with E-state index >= 15 is 0 Å². The molecule has 2 aromatic rings. The predicted molar refractivity (Wildman–Crippen MR) is 72.2 cm³/mol. The summed E-state index contributed by atoms with van der Waals surface area (Å²) in [6, 6.07) is 8.39. The number of tetrazole rings is 1. The van der Waals surface area contributed by atoms with Crippen LogP contribution in [0.4, 0.5) is 4.79 Å². The standard InChI is InChI=1S/C11H12N6O2S/c1-7(9(18)13-10(12)19)20-11-14-15-16-17(11)8-5-3-2-4-6-8/h2-7H,1H3,(H3,12,13,18,19)/t7-/m1/s1. The highest BCUT2D eigenvalue weighted by atomic mass is 32.2. The van der Waals surface area contributed by atoms with E-state index in [2.05, 4.69) is 15.5 Å². The van der Waals surface area contributed by atoms with Gasteiger partial charge in [-0.3, -0.25) is 10.1 Å². The van der Waals surface area contributed by atoms with Crippen molar-refractivity contribution in [3.8, 4) is 5.69 Å². The zero-order valence-electron chi connectivity index (χ0n) is 10.6. The number of imide groups is 1. The molecule has 3 N–H and O–H groups in total. The van der Waals surface area contributed by atoms with Crippen LogP contribution in [0.3, 0.4) is 0 Å². The summed E-state index contributed by atoms with van der Waals surface area (Å²) in [6.07, 6.45) is 0. The number of carbonyl (C=O) groups excluding carboxylic acids is 2. The largest absolute Gasteiger partial charge is 0.351 e. The number of benzene rings is 1. The van der Waals surface area contributed by atoms with Crippen molar-refractivity contribution in [3.05, 3.63) is 30.3 Å². The quantitative estimate of drug-likeness (QED) is 0.785. The van der Waals surface area contributed by atoms with Gasteiger partial charge in [-0.2, -0.15) is 4.68 Å². The molecule has 0 radical (unpaired) electrons. The number of hydrogen-bond donors (Lipinski definition) is 2. The number of urea groups is 1. The van der Waals surface area contributed by atoms with Crippen LogP contribution in [0, 0.1) is 0 Å². The van der Waals surface area contributed by atoms with Crippen LogP contribution in [-0.2, 0) is 4.79 Å². The number of thioether (sulfide) groups is 1. The SMILES string of the molecule is C[C@@H](Sc1nnnn1-c1ccccc1)C(=O)NC(N)=O. The Bertz CT molecular complexity index is 614. The number of amides is 3. The molecule has 1 heterocycles. The molecular formula is C11H12N6O2S. The summed E-state index contributed by atoms with van der Waals surface area (Å²) < 4.78 is 1.51. The Labute approximate surface area is 118 Å². The number of carbonyl (C=O) groups is 2. The summed E-state index contributed by atoms with van der Waals surface area (Å²) in [7, 11) is 0. The Morgan fingerprint density at radius 1 is 1.35 bits per heavy atom. The summed E-state index contributed by atoms with van der Waals surface area (Å²) in [4.78, 5) is 22.3. The number of nitrogens with one attached hydrogen (secondary N) is 1. The molecule has 0 bridgehead atoms. The highest BCUT2D eigenvalue weighted by Crippen LogP contribution is 2.22. The fraction of sp³-hybridized carbons (Fsp3) is 0.182. The van der Waals surface area contributed by atoms with Crippen LogP contribution in [0.25, 0.3) is 5.69 Å². The van der Waals surface area contributed by atoms with E-state index in [9.17, 15) is 9.59 Å². The van der Waals surface area contributed by atoms with Gasteiger partial charge in [0.2, 0.25) is 11.1 Å². The van der Waals surface area contributed by atoms with Gasteiger partial charge in [0, 0.05) is 0 Å². The van der Waals surface area contributed by atoms with Gasteiger partial charge in [-0.1, -0.05) is 30.0 Å². The van der Waals surface area contributed by atoms with E-state index in [1.54, 1.807) is 6.92 Å². The Morgan fingerprint density at radius 3 is 2.70 bits per heavy atom. The van der Waals surface area contributed by atoms with Crippen molar-refractivity contribution in [1.82, 2.24) is 25.5 Å². The Balaban J connectivity index is 2.13. The van der Waals surface area contributed by atoms with Crippen LogP contribution in [0.15, 0.2) is 35.5 Å². The van der Waals surface area contributed by atoms with E-state index in [-0.39, 0.29) is 0 Å². The van der Waals surface area contributed by atoms with Gasteiger partial charge < -0.3 is 5.73 Å². The average molecular weight is 292 g/mol. The number of rotatable bonds is 4. The Morgan fingerprint density at radius 2 is 2.05 bits per heavy atom. The van der Waals surface area contributed by atoms with Gasteiger partial charge >= 0.3 is 6.03 Å². The molecule has 0 aliphatic rings. The molecule has 8 nitrogen and oxygen atoms in total. The highest BCUT2D eigenvalue weighted by Gasteiger charge is 2.19. The highest BCUT2D eigenvalue weighted by molar-refractivity contribution is 8.00. The molecule has 0 aliphatic heterocycles. The topological polar surface area (TPSA) is 116 Å². The van der Waals surface area contributed by atoms with Gasteiger partial charge in [-0.05, 0) is 29.5 Å². The Kier molecular flexibility index (Phi) is 4.31. The third-order valence-corrected chi connectivity index (χ3v) is 3.37. The summed E-state index contributed by atoms with van der Waals surface area (Å²) in [5.41, 5.74) is 5.68. The third-order valence-electron chi connectivity index (χ3n) is 2.34. The first kappa shape index (κ1) is 14.0. The average Bonchev–Trinajstić information content (AvgIpc) is 2.87. The molecule has 1 atom stereocenters. The van der Waals surface area contributed by atoms with E-state index in [4.69, 9.17) is 5.73 Å². The van der Waals surface area contributed by atoms with Gasteiger partial charge in [-0.15, -0.1) is 5.10 Å². The lowest BCUT2D eigenvalue weighted by molar-refractivity contribution is -0.119. The van der Waals surface area contributed by atoms with E-state index in [0.717, 1.165) is 17.4 Å². The van der Waals surface area contributed by atoms with Crippen LogP contribution in [0.1, 0.15) is 6.92 Å². The maximum absolute atomic E-state index is 11.6. The summed E-state index contributed by atoms with van der Waals surface area (Å²) in [6.45, 7) is 1.63. The van der Waals surface area contributed by atoms with Crippen molar-refractivity contribution in [3.63, 3.8) is 0 Å². The van der Waals surface area contributed by atoms with Crippen LogP contribution in [-0.4, -0.2) is 37.4 Å². The van der Waals surface area contributed by atoms with Crippen molar-refractivity contribution in [2.45, 2.75) is 17.3 Å². The first-order chi connectivity index (χ1) is 9.58. The molecule has 104 valence electrons. The number of primary amides is 1. The van der Waals surface area contributed by atoms with Gasteiger partial charge in [0.05, 0.1) is 10.9 Å². The molecule has 0 fully saturated rings. The van der Waals surface area contributed by atoms with Crippen molar-refractivity contribution >= 4 is 23.7 Å². The van der Waals surface area contributed by atoms with Crippen LogP contribution in [0.5, 0.6) is 0 Å². The molecule has 2 rings (SSSR count). The second-order valence-electron chi connectivity index (χ2n) is 3.82. The van der Waals surface area contributed by atoms with Crippen LogP contribution < -0.4 is 11.1 Å². The number of nitrogens with two attached hydrogens (primary N) is 1. The predicted octanol–water partition coefficient (Wildman–Crippen LogP) is 0.338. The summed E-state index contributed by atoms with van der Waals surface area (Å²) >= 11 is 1.13. The fourth-order valence-corrected chi connectivity index (χ4v) is 2.23. The van der Waals surface area contributed by atoms with Crippen molar-refractivity contribution < 1.29 is 9.59 Å². The number of hydrogen-bond acceptors (Lipinski definition) is 6.